The largest absolute Gasteiger partial charge is 0.322 e. The monoisotopic (exact) mass is 539 g/mol. The van der Waals surface area contributed by atoms with E-state index in [4.69, 9.17) is 0 Å². The first-order chi connectivity index (χ1) is 17.5. The molecule has 4 rings (SSSR count). The molecule has 0 aromatic heterocycles. The van der Waals surface area contributed by atoms with Crippen LogP contribution in [-0.2, 0) is 20.0 Å². The Kier molecular flexibility index (Phi) is 7.28. The van der Waals surface area contributed by atoms with Crippen molar-refractivity contribution < 1.29 is 26.0 Å². The molecule has 3 N–H and O–H groups in total. The van der Waals surface area contributed by atoms with Gasteiger partial charge in [-0.05, 0) is 85.3 Å². The Balaban J connectivity index is 1.48. The Labute approximate surface area is 214 Å². The fourth-order valence-electron chi connectivity index (χ4n) is 3.44. The van der Waals surface area contributed by atoms with Gasteiger partial charge >= 0.3 is 0 Å². The van der Waals surface area contributed by atoms with Crippen LogP contribution in [0.1, 0.15) is 15.9 Å². The summed E-state index contributed by atoms with van der Waals surface area (Å²) in [5.74, 6) is -0.990. The summed E-state index contributed by atoms with van der Waals surface area (Å²) in [6.45, 7) is 1.62. The zero-order valence-corrected chi connectivity index (χ0v) is 21.1. The molecule has 190 valence electrons. The zero-order valence-electron chi connectivity index (χ0n) is 19.5. The summed E-state index contributed by atoms with van der Waals surface area (Å²) in [6.07, 6.45) is 0. The van der Waals surface area contributed by atoms with Crippen LogP contribution in [0.2, 0.25) is 0 Å². The lowest BCUT2D eigenvalue weighted by atomic mass is 10.1. The van der Waals surface area contributed by atoms with E-state index >= 15 is 0 Å². The Morgan fingerprint density at radius 3 is 1.86 bits per heavy atom. The van der Waals surface area contributed by atoms with Crippen LogP contribution >= 0.6 is 0 Å². The van der Waals surface area contributed by atoms with Crippen molar-refractivity contribution in [2.75, 3.05) is 14.8 Å². The van der Waals surface area contributed by atoms with Gasteiger partial charge in [0.1, 0.15) is 5.82 Å². The summed E-state index contributed by atoms with van der Waals surface area (Å²) in [5.41, 5.74) is 1.45. The standard InChI is InChI=1S/C26H22FN3O5S2/c1-18-24(8-5-9-25(18)30-37(34,35)22-6-3-2-4-7-22)26(31)28-20-14-16-23(17-15-20)36(32,33)29-21-12-10-19(27)11-13-21/h2-17,29-30H,1H3,(H,28,31). The summed E-state index contributed by atoms with van der Waals surface area (Å²) >= 11 is 0. The maximum absolute atomic E-state index is 13.1. The van der Waals surface area contributed by atoms with Gasteiger partial charge in [-0.1, -0.05) is 24.3 Å². The zero-order chi connectivity index (χ0) is 26.6. The van der Waals surface area contributed by atoms with E-state index in [1.807, 2.05) is 0 Å². The summed E-state index contributed by atoms with van der Waals surface area (Å²) in [5, 5.41) is 2.68. The lowest BCUT2D eigenvalue weighted by molar-refractivity contribution is 0.102. The summed E-state index contributed by atoms with van der Waals surface area (Å²) in [7, 11) is -7.77. The van der Waals surface area contributed by atoms with E-state index < -0.39 is 31.8 Å². The Bertz CT molecular complexity index is 1640. The molecule has 0 fully saturated rings. The van der Waals surface area contributed by atoms with Crippen molar-refractivity contribution in [3.63, 3.8) is 0 Å². The third-order valence-corrected chi connectivity index (χ3v) is 8.17. The minimum atomic E-state index is -3.93. The molecule has 0 aliphatic heterocycles. The van der Waals surface area contributed by atoms with E-state index in [1.54, 1.807) is 43.3 Å². The van der Waals surface area contributed by atoms with Crippen LogP contribution in [0.4, 0.5) is 21.5 Å². The van der Waals surface area contributed by atoms with E-state index in [0.29, 0.717) is 11.3 Å². The third kappa shape index (κ3) is 6.13. The van der Waals surface area contributed by atoms with Crippen molar-refractivity contribution in [2.24, 2.45) is 0 Å². The molecule has 8 nitrogen and oxygen atoms in total. The molecule has 0 saturated heterocycles. The van der Waals surface area contributed by atoms with E-state index in [1.165, 1.54) is 48.5 Å². The van der Waals surface area contributed by atoms with Gasteiger partial charge in [0.2, 0.25) is 0 Å². The molecule has 11 heteroatoms. The van der Waals surface area contributed by atoms with Crippen LogP contribution in [0.5, 0.6) is 0 Å². The SMILES string of the molecule is Cc1c(NS(=O)(=O)c2ccccc2)cccc1C(=O)Nc1ccc(S(=O)(=O)Nc2ccc(F)cc2)cc1. The number of nitrogens with one attached hydrogen (secondary N) is 3. The highest BCUT2D eigenvalue weighted by Gasteiger charge is 2.19. The number of rotatable bonds is 8. The molecular weight excluding hydrogens is 517 g/mol. The first-order valence-electron chi connectivity index (χ1n) is 10.9. The number of carbonyl (C=O) groups is 1. The maximum Gasteiger partial charge on any atom is 0.261 e. The molecular formula is C26H22FN3O5S2. The molecule has 0 bridgehead atoms. The lowest BCUT2D eigenvalue weighted by Gasteiger charge is -2.14. The molecule has 0 spiro atoms. The van der Waals surface area contributed by atoms with Crippen molar-refractivity contribution in [1.82, 2.24) is 0 Å². The van der Waals surface area contributed by atoms with Crippen molar-refractivity contribution in [2.45, 2.75) is 16.7 Å². The molecule has 4 aromatic rings. The van der Waals surface area contributed by atoms with Crippen molar-refractivity contribution >= 4 is 43.0 Å². The van der Waals surface area contributed by atoms with Crippen molar-refractivity contribution in [3.05, 3.63) is 114 Å². The highest BCUT2D eigenvalue weighted by molar-refractivity contribution is 7.93. The molecule has 0 radical (unpaired) electrons. The normalized spacial score (nSPS) is 11.5. The smallest absolute Gasteiger partial charge is 0.261 e. The predicted octanol–water partition coefficient (Wildman–Crippen LogP) is 4.99. The summed E-state index contributed by atoms with van der Waals surface area (Å²) in [6, 6.07) is 22.9. The molecule has 37 heavy (non-hydrogen) atoms. The van der Waals surface area contributed by atoms with Crippen LogP contribution in [-0.4, -0.2) is 22.7 Å². The topological polar surface area (TPSA) is 121 Å². The number of halogens is 1. The fourth-order valence-corrected chi connectivity index (χ4v) is 5.65. The van der Waals surface area contributed by atoms with Gasteiger partial charge in [-0.3, -0.25) is 14.2 Å². The van der Waals surface area contributed by atoms with Crippen LogP contribution in [0.25, 0.3) is 0 Å². The van der Waals surface area contributed by atoms with Gasteiger partial charge in [0, 0.05) is 16.9 Å². The van der Waals surface area contributed by atoms with E-state index in [9.17, 15) is 26.0 Å². The van der Waals surface area contributed by atoms with Crippen LogP contribution in [0.3, 0.4) is 0 Å². The summed E-state index contributed by atoms with van der Waals surface area (Å²) < 4.78 is 68.5. The van der Waals surface area contributed by atoms with Gasteiger partial charge in [0.25, 0.3) is 26.0 Å². The first kappa shape index (κ1) is 25.9. The molecule has 1 amide bonds. The molecule has 0 heterocycles. The quantitative estimate of drug-likeness (QED) is 0.291. The Morgan fingerprint density at radius 1 is 0.649 bits per heavy atom. The van der Waals surface area contributed by atoms with Gasteiger partial charge in [-0.25, -0.2) is 21.2 Å². The van der Waals surface area contributed by atoms with Gasteiger partial charge in [-0.15, -0.1) is 0 Å². The molecule has 0 aliphatic carbocycles. The Hall–Kier alpha value is -4.22. The number of amides is 1. The number of hydrogen-bond acceptors (Lipinski definition) is 5. The highest BCUT2D eigenvalue weighted by atomic mass is 32.2. The number of benzene rings is 4. The van der Waals surface area contributed by atoms with Crippen LogP contribution in [0.15, 0.2) is 107 Å². The third-order valence-electron chi connectivity index (χ3n) is 5.40. The molecule has 0 unspecified atom stereocenters. The molecule has 0 atom stereocenters. The Morgan fingerprint density at radius 2 is 1.22 bits per heavy atom. The van der Waals surface area contributed by atoms with Crippen LogP contribution < -0.4 is 14.8 Å². The van der Waals surface area contributed by atoms with Crippen molar-refractivity contribution in [1.29, 1.82) is 0 Å². The lowest BCUT2D eigenvalue weighted by Crippen LogP contribution is -2.17. The van der Waals surface area contributed by atoms with Crippen LogP contribution in [0, 0.1) is 12.7 Å². The number of anilines is 3. The highest BCUT2D eigenvalue weighted by Crippen LogP contribution is 2.24. The first-order valence-corrected chi connectivity index (χ1v) is 13.9. The minimum absolute atomic E-state index is 0.0525. The predicted molar refractivity (Wildman–Crippen MR) is 140 cm³/mol. The van der Waals surface area contributed by atoms with Gasteiger partial charge in [0.05, 0.1) is 15.5 Å². The second-order valence-electron chi connectivity index (χ2n) is 7.99. The number of sulfonamides is 2. The second-order valence-corrected chi connectivity index (χ2v) is 11.4. The van der Waals surface area contributed by atoms with Crippen molar-refractivity contribution in [3.8, 4) is 0 Å². The van der Waals surface area contributed by atoms with E-state index in [2.05, 4.69) is 14.8 Å². The minimum Gasteiger partial charge on any atom is -0.322 e. The number of carbonyl (C=O) groups excluding carboxylic acids is 1. The van der Waals surface area contributed by atoms with Gasteiger partial charge in [-0.2, -0.15) is 0 Å². The maximum atomic E-state index is 13.1. The fraction of sp³-hybridized carbons (Fsp3) is 0.0385. The average Bonchev–Trinajstić information content (AvgIpc) is 2.87. The van der Waals surface area contributed by atoms with E-state index in [-0.39, 0.29) is 26.7 Å². The van der Waals surface area contributed by atoms with Gasteiger partial charge < -0.3 is 5.32 Å². The average molecular weight is 540 g/mol. The second kappa shape index (κ2) is 10.4. The van der Waals surface area contributed by atoms with E-state index in [0.717, 1.165) is 12.1 Å². The van der Waals surface area contributed by atoms with Gasteiger partial charge in [0.15, 0.2) is 0 Å². The molecule has 0 saturated carbocycles. The number of hydrogen-bond donors (Lipinski definition) is 3. The molecule has 0 aliphatic rings. The summed E-state index contributed by atoms with van der Waals surface area (Å²) in [4.78, 5) is 13.0. The molecule has 4 aromatic carbocycles.